The highest BCUT2D eigenvalue weighted by Crippen LogP contribution is 2.42. The van der Waals surface area contributed by atoms with E-state index >= 15 is 0 Å². The predicted molar refractivity (Wildman–Crippen MR) is 123 cm³/mol. The van der Waals surface area contributed by atoms with E-state index in [9.17, 15) is 29.6 Å². The molecule has 0 aliphatic carbocycles. The van der Waals surface area contributed by atoms with Crippen LogP contribution in [0.3, 0.4) is 0 Å². The largest absolute Gasteiger partial charge is 0.507 e. The first kappa shape index (κ1) is 22.3. The third-order valence-electron chi connectivity index (χ3n) is 5.24. The lowest BCUT2D eigenvalue weighted by molar-refractivity contribution is -0.384. The van der Waals surface area contributed by atoms with Crippen LogP contribution in [0, 0.1) is 10.1 Å². The Morgan fingerprint density at radius 1 is 1.12 bits per heavy atom. The number of nitrogens with zero attached hydrogens (tertiary/aromatic N) is 3. The minimum absolute atomic E-state index is 0.143. The lowest BCUT2D eigenvalue weighted by Gasteiger charge is -2.25. The maximum atomic E-state index is 13.1. The third-order valence-corrected chi connectivity index (χ3v) is 5.24. The lowest BCUT2D eigenvalue weighted by Crippen LogP contribution is -2.29. The second kappa shape index (κ2) is 8.94. The van der Waals surface area contributed by atoms with Crippen LogP contribution in [-0.2, 0) is 14.4 Å². The van der Waals surface area contributed by atoms with E-state index in [0.29, 0.717) is 16.9 Å². The molecule has 2 N–H and O–H groups in total. The molecule has 1 atom stereocenters. The monoisotopic (exact) mass is 458 g/mol. The first-order chi connectivity index (χ1) is 16.3. The van der Waals surface area contributed by atoms with Crippen LogP contribution in [-0.4, -0.2) is 32.6 Å². The molecule has 0 saturated carbocycles. The van der Waals surface area contributed by atoms with Crippen LogP contribution in [0.4, 0.5) is 17.1 Å². The second-order valence-electron chi connectivity index (χ2n) is 7.49. The van der Waals surface area contributed by atoms with E-state index in [1.54, 1.807) is 36.4 Å². The number of aromatic nitrogens is 1. The fraction of sp³-hybridized carbons (Fsp3) is 0.0833. The molecule has 170 valence electrons. The Labute approximate surface area is 193 Å². The van der Waals surface area contributed by atoms with Crippen molar-refractivity contribution in [2.75, 3.05) is 10.2 Å². The Hall–Kier alpha value is -4.86. The average molecular weight is 458 g/mol. The van der Waals surface area contributed by atoms with Gasteiger partial charge in [-0.15, -0.1) is 0 Å². The van der Waals surface area contributed by atoms with Crippen molar-refractivity contribution < 1.29 is 24.4 Å². The molecular weight excluding hydrogens is 440 g/mol. The van der Waals surface area contributed by atoms with Crippen LogP contribution < -0.4 is 10.2 Å². The number of carbonyl (C=O) groups excluding carboxylic acids is 3. The summed E-state index contributed by atoms with van der Waals surface area (Å²) in [7, 11) is 0. The van der Waals surface area contributed by atoms with Crippen molar-refractivity contribution in [3.05, 3.63) is 99.9 Å². The van der Waals surface area contributed by atoms with Gasteiger partial charge in [0.25, 0.3) is 17.4 Å². The zero-order valence-corrected chi connectivity index (χ0v) is 17.8. The number of nitro benzene ring substituents is 1. The van der Waals surface area contributed by atoms with Gasteiger partial charge in [-0.3, -0.25) is 34.4 Å². The van der Waals surface area contributed by atoms with Gasteiger partial charge in [0, 0.05) is 48.4 Å². The summed E-state index contributed by atoms with van der Waals surface area (Å²) >= 11 is 0. The Bertz CT molecular complexity index is 1340. The molecule has 10 nitrogen and oxygen atoms in total. The number of anilines is 2. The third kappa shape index (κ3) is 4.11. The highest BCUT2D eigenvalue weighted by molar-refractivity contribution is 6.51. The van der Waals surface area contributed by atoms with Crippen molar-refractivity contribution in [2.45, 2.75) is 13.0 Å². The first-order valence-electron chi connectivity index (χ1n) is 10.1. The van der Waals surface area contributed by atoms with Gasteiger partial charge in [-0.2, -0.15) is 0 Å². The number of rotatable bonds is 5. The SMILES string of the molecule is CC(=O)Nc1cccc(N2C(=O)C(=O)/C(=C(/O)c3ccc([N+](=O)[O-])cc3)C2c2cccnc2)c1. The summed E-state index contributed by atoms with van der Waals surface area (Å²) < 4.78 is 0. The molecule has 1 aliphatic heterocycles. The molecule has 1 aromatic heterocycles. The number of aliphatic hydroxyl groups excluding tert-OH is 1. The Balaban J connectivity index is 1.88. The zero-order valence-electron chi connectivity index (χ0n) is 17.8. The predicted octanol–water partition coefficient (Wildman–Crippen LogP) is 3.57. The summed E-state index contributed by atoms with van der Waals surface area (Å²) in [6.45, 7) is 1.35. The van der Waals surface area contributed by atoms with Gasteiger partial charge in [-0.05, 0) is 42.0 Å². The molecule has 34 heavy (non-hydrogen) atoms. The van der Waals surface area contributed by atoms with E-state index in [2.05, 4.69) is 10.3 Å². The number of Topliss-reactive ketones (excluding diaryl/α,β-unsaturated/α-hetero) is 1. The van der Waals surface area contributed by atoms with Gasteiger partial charge >= 0.3 is 0 Å². The van der Waals surface area contributed by atoms with Crippen LogP contribution >= 0.6 is 0 Å². The molecule has 2 aromatic carbocycles. The number of carbonyl (C=O) groups is 3. The van der Waals surface area contributed by atoms with Crippen molar-refractivity contribution in [3.63, 3.8) is 0 Å². The van der Waals surface area contributed by atoms with E-state index in [0.717, 1.165) is 0 Å². The summed E-state index contributed by atoms with van der Waals surface area (Å²) in [6.07, 6.45) is 3.01. The molecule has 2 heterocycles. The molecule has 2 amide bonds. The van der Waals surface area contributed by atoms with Gasteiger partial charge in [0.1, 0.15) is 5.76 Å². The van der Waals surface area contributed by atoms with E-state index in [-0.39, 0.29) is 22.7 Å². The molecule has 0 radical (unpaired) electrons. The second-order valence-corrected chi connectivity index (χ2v) is 7.49. The summed E-state index contributed by atoms with van der Waals surface area (Å²) in [5.41, 5.74) is 0.990. The van der Waals surface area contributed by atoms with Crippen molar-refractivity contribution in [1.82, 2.24) is 4.98 Å². The molecule has 10 heteroatoms. The van der Waals surface area contributed by atoms with Gasteiger partial charge in [0.2, 0.25) is 5.91 Å². The van der Waals surface area contributed by atoms with E-state index in [1.807, 2.05) is 0 Å². The van der Waals surface area contributed by atoms with Crippen LogP contribution in [0.2, 0.25) is 0 Å². The first-order valence-corrected chi connectivity index (χ1v) is 10.1. The molecule has 0 spiro atoms. The summed E-state index contributed by atoms with van der Waals surface area (Å²) in [5.74, 6) is -2.57. The maximum Gasteiger partial charge on any atom is 0.300 e. The van der Waals surface area contributed by atoms with Gasteiger partial charge in [0.05, 0.1) is 16.5 Å². The topological polar surface area (TPSA) is 143 Å². The molecule has 1 unspecified atom stereocenters. The quantitative estimate of drug-likeness (QED) is 0.196. The summed E-state index contributed by atoms with van der Waals surface area (Å²) in [5, 5.41) is 24.6. The number of nitro groups is 1. The average Bonchev–Trinajstić information content (AvgIpc) is 3.09. The molecule has 1 fully saturated rings. The fourth-order valence-electron chi connectivity index (χ4n) is 3.79. The standard InChI is InChI=1S/C24H18N4O6/c1-14(29)26-17-5-2-6-19(12-17)27-21(16-4-3-11-25-13-16)20(23(31)24(27)32)22(30)15-7-9-18(10-8-15)28(33)34/h2-13,21,30H,1H3,(H,26,29)/b22-20+. The highest BCUT2D eigenvalue weighted by Gasteiger charge is 2.47. The minimum Gasteiger partial charge on any atom is -0.507 e. The van der Waals surface area contributed by atoms with Crippen molar-refractivity contribution in [1.29, 1.82) is 0 Å². The Morgan fingerprint density at radius 3 is 2.47 bits per heavy atom. The lowest BCUT2D eigenvalue weighted by atomic mass is 9.96. The van der Waals surface area contributed by atoms with Crippen LogP contribution in [0.1, 0.15) is 24.1 Å². The maximum absolute atomic E-state index is 13.1. The van der Waals surface area contributed by atoms with Gasteiger partial charge < -0.3 is 10.4 Å². The number of aliphatic hydroxyl groups is 1. The van der Waals surface area contributed by atoms with E-state index < -0.39 is 28.4 Å². The molecule has 1 aliphatic rings. The fourth-order valence-corrected chi connectivity index (χ4v) is 3.79. The van der Waals surface area contributed by atoms with Crippen LogP contribution in [0.25, 0.3) is 5.76 Å². The zero-order chi connectivity index (χ0) is 24.4. The molecule has 1 saturated heterocycles. The normalized spacial score (nSPS) is 17.0. The highest BCUT2D eigenvalue weighted by atomic mass is 16.6. The van der Waals surface area contributed by atoms with E-state index in [4.69, 9.17) is 0 Å². The van der Waals surface area contributed by atoms with Gasteiger partial charge in [-0.1, -0.05) is 12.1 Å². The van der Waals surface area contributed by atoms with Crippen LogP contribution in [0.5, 0.6) is 0 Å². The van der Waals surface area contributed by atoms with Gasteiger partial charge in [0.15, 0.2) is 0 Å². The minimum atomic E-state index is -1.02. The van der Waals surface area contributed by atoms with Crippen molar-refractivity contribution >= 4 is 40.4 Å². The number of hydrogen-bond acceptors (Lipinski definition) is 7. The number of non-ortho nitro benzene ring substituents is 1. The molecule has 4 rings (SSSR count). The summed E-state index contributed by atoms with van der Waals surface area (Å²) in [6, 6.07) is 13.7. The number of nitrogens with one attached hydrogen (secondary N) is 1. The Kier molecular flexibility index (Phi) is 5.88. The summed E-state index contributed by atoms with van der Waals surface area (Å²) in [4.78, 5) is 53.4. The number of hydrogen-bond donors (Lipinski definition) is 2. The van der Waals surface area contributed by atoms with Crippen molar-refractivity contribution in [3.8, 4) is 0 Å². The Morgan fingerprint density at radius 2 is 1.85 bits per heavy atom. The number of pyridine rings is 1. The smallest absolute Gasteiger partial charge is 0.300 e. The molecule has 0 bridgehead atoms. The van der Waals surface area contributed by atoms with Crippen LogP contribution in [0.15, 0.2) is 78.6 Å². The molecule has 3 aromatic rings. The van der Waals surface area contributed by atoms with Gasteiger partial charge in [-0.25, -0.2) is 0 Å². The number of amides is 2. The molecular formula is C24H18N4O6. The number of benzene rings is 2. The van der Waals surface area contributed by atoms with E-state index in [1.165, 1.54) is 48.5 Å². The van der Waals surface area contributed by atoms with Crippen molar-refractivity contribution in [2.24, 2.45) is 0 Å². The number of ketones is 1.